The molecule has 14 heavy (non-hydrogen) atoms. The van der Waals surface area contributed by atoms with Gasteiger partial charge in [0.05, 0.1) is 5.75 Å². The maximum absolute atomic E-state index is 11.2. The Labute approximate surface area is 87.4 Å². The molecule has 0 N–H and O–H groups in total. The molecule has 0 bridgehead atoms. The van der Waals surface area contributed by atoms with Crippen LogP contribution in [0.25, 0.3) is 0 Å². The number of hydrogen-bond acceptors (Lipinski definition) is 3. The molecular weight excluding hydrogens is 198 g/mol. The average Bonchev–Trinajstić information content (AvgIpc) is 2.29. The van der Waals surface area contributed by atoms with E-state index < -0.39 is 9.84 Å². The Bertz CT molecular complexity index is 284. The van der Waals surface area contributed by atoms with Crippen molar-refractivity contribution >= 4 is 9.84 Å². The van der Waals surface area contributed by atoms with Gasteiger partial charge in [-0.3, -0.25) is 4.90 Å². The number of sulfone groups is 1. The van der Waals surface area contributed by atoms with Crippen molar-refractivity contribution in [1.82, 2.24) is 4.90 Å². The second kappa shape index (κ2) is 4.19. The molecule has 3 nitrogen and oxygen atoms in total. The summed E-state index contributed by atoms with van der Waals surface area (Å²) in [6.45, 7) is 7.51. The SMILES string of the molecule is CC(C)N1CCC(CS(C)(=O)=O)C1C. The third kappa shape index (κ3) is 2.95. The highest BCUT2D eigenvalue weighted by Gasteiger charge is 2.33. The van der Waals surface area contributed by atoms with Crippen LogP contribution in [0.15, 0.2) is 0 Å². The Morgan fingerprint density at radius 1 is 1.43 bits per heavy atom. The molecule has 0 saturated carbocycles. The minimum absolute atomic E-state index is 0.326. The summed E-state index contributed by atoms with van der Waals surface area (Å²) in [6, 6.07) is 0.930. The van der Waals surface area contributed by atoms with Gasteiger partial charge < -0.3 is 0 Å². The standard InChI is InChI=1S/C10H21NO2S/c1-8(2)11-6-5-10(9(11)3)7-14(4,12)13/h8-10H,5-7H2,1-4H3. The zero-order valence-electron chi connectivity index (χ0n) is 9.53. The van der Waals surface area contributed by atoms with Crippen molar-refractivity contribution in [3.63, 3.8) is 0 Å². The molecule has 2 unspecified atom stereocenters. The Morgan fingerprint density at radius 3 is 2.36 bits per heavy atom. The predicted molar refractivity (Wildman–Crippen MR) is 59.1 cm³/mol. The largest absolute Gasteiger partial charge is 0.298 e. The summed E-state index contributed by atoms with van der Waals surface area (Å²) in [7, 11) is -2.82. The first-order valence-electron chi connectivity index (χ1n) is 5.24. The van der Waals surface area contributed by atoms with Crippen LogP contribution in [0.1, 0.15) is 27.2 Å². The molecule has 0 aliphatic carbocycles. The van der Waals surface area contributed by atoms with Gasteiger partial charge in [-0.2, -0.15) is 0 Å². The molecule has 1 aliphatic heterocycles. The van der Waals surface area contributed by atoms with Crippen molar-refractivity contribution in [3.8, 4) is 0 Å². The fraction of sp³-hybridized carbons (Fsp3) is 1.00. The summed E-state index contributed by atoms with van der Waals surface area (Å²) in [4.78, 5) is 2.38. The molecule has 84 valence electrons. The molecule has 0 aromatic heterocycles. The van der Waals surface area contributed by atoms with Gasteiger partial charge in [0.1, 0.15) is 9.84 Å². The third-order valence-corrected chi connectivity index (χ3v) is 4.18. The van der Waals surface area contributed by atoms with E-state index in [2.05, 4.69) is 25.7 Å². The van der Waals surface area contributed by atoms with Gasteiger partial charge in [0.2, 0.25) is 0 Å². The summed E-state index contributed by atoms with van der Waals surface area (Å²) in [5, 5.41) is 0. The van der Waals surface area contributed by atoms with Gasteiger partial charge in [-0.1, -0.05) is 0 Å². The van der Waals surface area contributed by atoms with Crippen LogP contribution in [-0.4, -0.2) is 44.0 Å². The molecule has 0 spiro atoms. The molecule has 0 amide bonds. The fourth-order valence-electron chi connectivity index (χ4n) is 2.37. The normalized spacial score (nSPS) is 30.1. The van der Waals surface area contributed by atoms with E-state index in [0.717, 1.165) is 13.0 Å². The maximum atomic E-state index is 11.2. The summed E-state index contributed by atoms with van der Waals surface area (Å²) in [5.41, 5.74) is 0. The van der Waals surface area contributed by atoms with Crippen LogP contribution in [-0.2, 0) is 9.84 Å². The monoisotopic (exact) mass is 219 g/mol. The lowest BCUT2D eigenvalue weighted by molar-refractivity contribution is 0.200. The van der Waals surface area contributed by atoms with E-state index in [-0.39, 0.29) is 0 Å². The lowest BCUT2D eigenvalue weighted by Crippen LogP contribution is -2.37. The molecule has 0 aromatic rings. The summed E-state index contributed by atoms with van der Waals surface area (Å²) < 4.78 is 22.4. The quantitative estimate of drug-likeness (QED) is 0.714. The van der Waals surface area contributed by atoms with Gasteiger partial charge >= 0.3 is 0 Å². The van der Waals surface area contributed by atoms with Crippen LogP contribution in [0.4, 0.5) is 0 Å². The zero-order chi connectivity index (χ0) is 10.9. The van der Waals surface area contributed by atoms with Crippen LogP contribution >= 0.6 is 0 Å². The average molecular weight is 219 g/mol. The topological polar surface area (TPSA) is 37.4 Å². The van der Waals surface area contributed by atoms with E-state index in [9.17, 15) is 8.42 Å². The second-order valence-electron chi connectivity index (χ2n) is 4.71. The van der Waals surface area contributed by atoms with Crippen molar-refractivity contribution in [1.29, 1.82) is 0 Å². The molecule has 1 rings (SSSR count). The minimum atomic E-state index is -2.82. The first-order chi connectivity index (χ1) is 6.31. The number of likely N-dealkylation sites (tertiary alicyclic amines) is 1. The highest BCUT2D eigenvalue weighted by molar-refractivity contribution is 7.90. The van der Waals surface area contributed by atoms with Crippen LogP contribution in [0.2, 0.25) is 0 Å². The van der Waals surface area contributed by atoms with Crippen LogP contribution < -0.4 is 0 Å². The minimum Gasteiger partial charge on any atom is -0.298 e. The van der Waals surface area contributed by atoms with Gasteiger partial charge in [0, 0.05) is 18.3 Å². The molecule has 4 heteroatoms. The van der Waals surface area contributed by atoms with E-state index in [1.165, 1.54) is 6.26 Å². The van der Waals surface area contributed by atoms with Gasteiger partial charge in [0.15, 0.2) is 0 Å². The number of nitrogens with zero attached hydrogens (tertiary/aromatic N) is 1. The summed E-state index contributed by atoms with van der Waals surface area (Å²) in [5.74, 6) is 0.671. The van der Waals surface area contributed by atoms with Crippen LogP contribution in [0.3, 0.4) is 0 Å². The highest BCUT2D eigenvalue weighted by Crippen LogP contribution is 2.26. The Balaban J connectivity index is 2.60. The number of hydrogen-bond donors (Lipinski definition) is 0. The van der Waals surface area contributed by atoms with Crippen molar-refractivity contribution < 1.29 is 8.42 Å². The molecule has 1 fully saturated rings. The second-order valence-corrected chi connectivity index (χ2v) is 6.90. The molecule has 0 radical (unpaired) electrons. The third-order valence-electron chi connectivity index (χ3n) is 3.14. The van der Waals surface area contributed by atoms with Crippen molar-refractivity contribution in [2.24, 2.45) is 5.92 Å². The molecule has 1 saturated heterocycles. The Morgan fingerprint density at radius 2 is 2.00 bits per heavy atom. The van der Waals surface area contributed by atoms with Crippen LogP contribution in [0.5, 0.6) is 0 Å². The highest BCUT2D eigenvalue weighted by atomic mass is 32.2. The van der Waals surface area contributed by atoms with Gasteiger partial charge in [-0.05, 0) is 39.7 Å². The molecular formula is C10H21NO2S. The van der Waals surface area contributed by atoms with Crippen molar-refractivity contribution in [2.75, 3.05) is 18.6 Å². The van der Waals surface area contributed by atoms with E-state index >= 15 is 0 Å². The van der Waals surface area contributed by atoms with E-state index in [1.807, 2.05) is 0 Å². The Hall–Kier alpha value is -0.0900. The maximum Gasteiger partial charge on any atom is 0.147 e. The van der Waals surface area contributed by atoms with E-state index in [4.69, 9.17) is 0 Å². The Kier molecular flexibility index (Phi) is 3.58. The number of rotatable bonds is 3. The van der Waals surface area contributed by atoms with Crippen molar-refractivity contribution in [3.05, 3.63) is 0 Å². The van der Waals surface area contributed by atoms with Gasteiger partial charge in [-0.25, -0.2) is 8.42 Å². The van der Waals surface area contributed by atoms with Gasteiger partial charge in [-0.15, -0.1) is 0 Å². The van der Waals surface area contributed by atoms with E-state index in [1.54, 1.807) is 0 Å². The predicted octanol–water partition coefficient (Wildman–Crippen LogP) is 1.15. The summed E-state index contributed by atoms with van der Waals surface area (Å²) in [6.07, 6.45) is 2.35. The van der Waals surface area contributed by atoms with Gasteiger partial charge in [0.25, 0.3) is 0 Å². The van der Waals surface area contributed by atoms with E-state index in [0.29, 0.717) is 23.8 Å². The molecule has 2 atom stereocenters. The zero-order valence-corrected chi connectivity index (χ0v) is 10.3. The first-order valence-corrected chi connectivity index (χ1v) is 7.31. The molecule has 1 heterocycles. The lowest BCUT2D eigenvalue weighted by atomic mass is 10.0. The first kappa shape index (κ1) is 12.0. The summed E-state index contributed by atoms with van der Waals surface area (Å²) >= 11 is 0. The smallest absolute Gasteiger partial charge is 0.147 e. The van der Waals surface area contributed by atoms with Crippen LogP contribution in [0, 0.1) is 5.92 Å². The van der Waals surface area contributed by atoms with Crippen molar-refractivity contribution in [2.45, 2.75) is 39.3 Å². The lowest BCUT2D eigenvalue weighted by Gasteiger charge is -2.27. The molecule has 0 aromatic carbocycles. The fourth-order valence-corrected chi connectivity index (χ4v) is 3.59. The molecule has 1 aliphatic rings.